The summed E-state index contributed by atoms with van der Waals surface area (Å²) < 4.78 is 5.66. The Kier molecular flexibility index (Phi) is 5.82. The largest absolute Gasteiger partial charge is 0.490 e. The highest BCUT2D eigenvalue weighted by Crippen LogP contribution is 2.31. The van der Waals surface area contributed by atoms with Gasteiger partial charge in [-0.25, -0.2) is 0 Å². The van der Waals surface area contributed by atoms with Gasteiger partial charge in [0, 0.05) is 12.1 Å². The first-order chi connectivity index (χ1) is 12.9. The molecule has 5 nitrogen and oxygen atoms in total. The maximum atomic E-state index is 12.7. The third kappa shape index (κ3) is 4.31. The van der Waals surface area contributed by atoms with Crippen LogP contribution in [0.5, 0.6) is 5.75 Å². The molecular formula is C21H23ClN2O3. The third-order valence-electron chi connectivity index (χ3n) is 4.45. The van der Waals surface area contributed by atoms with E-state index < -0.39 is 0 Å². The van der Waals surface area contributed by atoms with Gasteiger partial charge in [0.25, 0.3) is 5.91 Å². The molecule has 0 fully saturated rings. The van der Waals surface area contributed by atoms with Gasteiger partial charge in [0.2, 0.25) is 0 Å². The predicted molar refractivity (Wildman–Crippen MR) is 107 cm³/mol. The van der Waals surface area contributed by atoms with E-state index in [1.54, 1.807) is 18.2 Å². The number of hydrogen-bond acceptors (Lipinski definition) is 4. The van der Waals surface area contributed by atoms with Gasteiger partial charge >= 0.3 is 0 Å². The first kappa shape index (κ1) is 19.4. The highest BCUT2D eigenvalue weighted by Gasteiger charge is 2.18. The van der Waals surface area contributed by atoms with E-state index in [-0.39, 0.29) is 17.8 Å². The molecule has 0 spiro atoms. The smallest absolute Gasteiger partial charge is 0.255 e. The van der Waals surface area contributed by atoms with E-state index in [0.29, 0.717) is 34.1 Å². The standard InChI is InChI=1S/C21H23ClN2O3/c1-12(2)27-19-7-5-15(10-16(19)13(3)25)21(26)24-18-6-4-14-8-9-23-11-17(14)20(18)22/h4-7,10,12,23H,8-9,11H2,1-3H3,(H,24,26). The fourth-order valence-electron chi connectivity index (χ4n) is 3.12. The van der Waals surface area contributed by atoms with E-state index >= 15 is 0 Å². The van der Waals surface area contributed by atoms with Crippen molar-refractivity contribution in [3.8, 4) is 5.75 Å². The summed E-state index contributed by atoms with van der Waals surface area (Å²) in [5.41, 5.74) is 3.55. The molecular weight excluding hydrogens is 364 g/mol. The van der Waals surface area contributed by atoms with Gasteiger partial charge in [0.05, 0.1) is 22.4 Å². The molecule has 0 unspecified atom stereocenters. The monoisotopic (exact) mass is 386 g/mol. The lowest BCUT2D eigenvalue weighted by Crippen LogP contribution is -2.24. The molecule has 142 valence electrons. The highest BCUT2D eigenvalue weighted by atomic mass is 35.5. The SMILES string of the molecule is CC(=O)c1cc(C(=O)Nc2ccc3c(c2Cl)CNCC3)ccc1OC(C)C. The number of fused-ring (bicyclic) bond motifs is 1. The van der Waals surface area contributed by atoms with Crippen LogP contribution in [0, 0.1) is 0 Å². The number of amides is 1. The Morgan fingerprint density at radius 3 is 2.70 bits per heavy atom. The van der Waals surface area contributed by atoms with Crippen LogP contribution in [0.1, 0.15) is 52.6 Å². The Hall–Kier alpha value is -2.37. The van der Waals surface area contributed by atoms with Crippen molar-refractivity contribution < 1.29 is 14.3 Å². The number of carbonyl (C=O) groups is 2. The Labute approximate surface area is 164 Å². The summed E-state index contributed by atoms with van der Waals surface area (Å²) in [6.07, 6.45) is 0.855. The molecule has 1 amide bonds. The van der Waals surface area contributed by atoms with E-state index in [2.05, 4.69) is 10.6 Å². The summed E-state index contributed by atoms with van der Waals surface area (Å²) in [6, 6.07) is 8.69. The zero-order valence-electron chi connectivity index (χ0n) is 15.7. The zero-order chi connectivity index (χ0) is 19.6. The molecule has 0 saturated heterocycles. The Bertz CT molecular complexity index is 893. The summed E-state index contributed by atoms with van der Waals surface area (Å²) in [7, 11) is 0. The van der Waals surface area contributed by atoms with Crippen molar-refractivity contribution in [3.63, 3.8) is 0 Å². The van der Waals surface area contributed by atoms with E-state index in [9.17, 15) is 9.59 Å². The second-order valence-electron chi connectivity index (χ2n) is 6.88. The van der Waals surface area contributed by atoms with E-state index in [1.807, 2.05) is 26.0 Å². The maximum Gasteiger partial charge on any atom is 0.255 e. The number of Topliss-reactive ketones (excluding diaryl/α,β-unsaturated/α-hetero) is 1. The number of anilines is 1. The summed E-state index contributed by atoms with van der Waals surface area (Å²) in [5, 5.41) is 6.69. The van der Waals surface area contributed by atoms with Crippen LogP contribution in [0.3, 0.4) is 0 Å². The summed E-state index contributed by atoms with van der Waals surface area (Å²) in [4.78, 5) is 24.7. The number of nitrogens with one attached hydrogen (secondary N) is 2. The van der Waals surface area contributed by atoms with Crippen molar-refractivity contribution >= 4 is 29.0 Å². The first-order valence-corrected chi connectivity index (χ1v) is 9.38. The van der Waals surface area contributed by atoms with Crippen LogP contribution in [0.2, 0.25) is 5.02 Å². The number of hydrogen-bond donors (Lipinski definition) is 2. The van der Waals surface area contributed by atoms with Crippen molar-refractivity contribution in [2.45, 2.75) is 39.8 Å². The normalized spacial score (nSPS) is 13.2. The minimum absolute atomic E-state index is 0.0642. The zero-order valence-corrected chi connectivity index (χ0v) is 16.4. The number of ether oxygens (including phenoxy) is 1. The van der Waals surface area contributed by atoms with Crippen LogP contribution in [0.25, 0.3) is 0 Å². The number of benzene rings is 2. The van der Waals surface area contributed by atoms with Gasteiger partial charge in [0.1, 0.15) is 5.75 Å². The van der Waals surface area contributed by atoms with Gasteiger partial charge in [0.15, 0.2) is 5.78 Å². The van der Waals surface area contributed by atoms with Crippen LogP contribution >= 0.6 is 11.6 Å². The molecule has 2 aromatic carbocycles. The molecule has 1 aliphatic heterocycles. The van der Waals surface area contributed by atoms with E-state index in [0.717, 1.165) is 18.5 Å². The lowest BCUT2D eigenvalue weighted by atomic mass is 10.00. The number of rotatable bonds is 5. The molecule has 0 saturated carbocycles. The second-order valence-corrected chi connectivity index (χ2v) is 7.26. The molecule has 6 heteroatoms. The van der Waals surface area contributed by atoms with Crippen LogP contribution in [-0.2, 0) is 13.0 Å². The molecule has 1 aliphatic rings. The molecule has 0 aliphatic carbocycles. The average Bonchev–Trinajstić information content (AvgIpc) is 2.63. The van der Waals surface area contributed by atoms with Gasteiger partial charge in [-0.05, 0) is 69.1 Å². The molecule has 2 aromatic rings. The first-order valence-electron chi connectivity index (χ1n) is 9.00. The lowest BCUT2D eigenvalue weighted by Gasteiger charge is -2.20. The molecule has 0 atom stereocenters. The Balaban J connectivity index is 1.86. The molecule has 0 bridgehead atoms. The van der Waals surface area contributed by atoms with Gasteiger partial charge in [-0.3, -0.25) is 9.59 Å². The highest BCUT2D eigenvalue weighted by molar-refractivity contribution is 6.34. The predicted octanol–water partition coefficient (Wildman–Crippen LogP) is 4.23. The average molecular weight is 387 g/mol. The van der Waals surface area contributed by atoms with Gasteiger partial charge in [-0.1, -0.05) is 17.7 Å². The lowest BCUT2D eigenvalue weighted by molar-refractivity contribution is 0.101. The quantitative estimate of drug-likeness (QED) is 0.754. The summed E-state index contributed by atoms with van der Waals surface area (Å²) in [6.45, 7) is 6.84. The molecule has 2 N–H and O–H groups in total. The summed E-state index contributed by atoms with van der Waals surface area (Å²) >= 11 is 6.49. The van der Waals surface area contributed by atoms with Crippen molar-refractivity contribution in [1.29, 1.82) is 0 Å². The van der Waals surface area contributed by atoms with Crippen molar-refractivity contribution in [1.82, 2.24) is 5.32 Å². The third-order valence-corrected chi connectivity index (χ3v) is 4.88. The van der Waals surface area contributed by atoms with Crippen LogP contribution in [0.15, 0.2) is 30.3 Å². The minimum Gasteiger partial charge on any atom is -0.490 e. The van der Waals surface area contributed by atoms with E-state index in [1.165, 1.54) is 12.5 Å². The minimum atomic E-state index is -0.320. The summed E-state index contributed by atoms with van der Waals surface area (Å²) in [5.74, 6) is 0.00402. The molecule has 0 radical (unpaired) electrons. The molecule has 1 heterocycles. The van der Waals surface area contributed by atoms with Gasteiger partial charge in [-0.15, -0.1) is 0 Å². The van der Waals surface area contributed by atoms with Crippen LogP contribution in [0.4, 0.5) is 5.69 Å². The van der Waals surface area contributed by atoms with E-state index in [4.69, 9.17) is 16.3 Å². The molecule has 27 heavy (non-hydrogen) atoms. The second kappa shape index (κ2) is 8.11. The number of carbonyl (C=O) groups excluding carboxylic acids is 2. The Morgan fingerprint density at radius 2 is 2.00 bits per heavy atom. The van der Waals surface area contributed by atoms with Crippen LogP contribution < -0.4 is 15.4 Å². The fraction of sp³-hybridized carbons (Fsp3) is 0.333. The molecule has 3 rings (SSSR count). The Morgan fingerprint density at radius 1 is 1.22 bits per heavy atom. The maximum absolute atomic E-state index is 12.7. The number of ketones is 1. The topological polar surface area (TPSA) is 67.4 Å². The van der Waals surface area contributed by atoms with Crippen molar-refractivity contribution in [3.05, 3.63) is 57.6 Å². The van der Waals surface area contributed by atoms with Crippen molar-refractivity contribution in [2.24, 2.45) is 0 Å². The van der Waals surface area contributed by atoms with Gasteiger partial charge in [-0.2, -0.15) is 0 Å². The molecule has 0 aromatic heterocycles. The fourth-order valence-corrected chi connectivity index (χ4v) is 3.42. The van der Waals surface area contributed by atoms with Gasteiger partial charge < -0.3 is 15.4 Å². The number of halogens is 1. The van der Waals surface area contributed by atoms with Crippen molar-refractivity contribution in [2.75, 3.05) is 11.9 Å². The van der Waals surface area contributed by atoms with Crippen LogP contribution in [-0.4, -0.2) is 24.3 Å².